The van der Waals surface area contributed by atoms with E-state index in [9.17, 15) is 13.6 Å². The van der Waals surface area contributed by atoms with Crippen molar-refractivity contribution in [3.63, 3.8) is 0 Å². The van der Waals surface area contributed by atoms with Crippen LogP contribution in [0.1, 0.15) is 39.0 Å². The van der Waals surface area contributed by atoms with Crippen molar-refractivity contribution in [2.75, 3.05) is 26.2 Å². The van der Waals surface area contributed by atoms with Gasteiger partial charge in [0.15, 0.2) is 5.96 Å². The molecule has 0 aromatic heterocycles. The van der Waals surface area contributed by atoms with Gasteiger partial charge in [-0.3, -0.25) is 4.79 Å². The zero-order chi connectivity index (χ0) is 15.9. The predicted octanol–water partition coefficient (Wildman–Crippen LogP) is 2.22. The van der Waals surface area contributed by atoms with Crippen LogP contribution in [0.15, 0.2) is 4.99 Å². The van der Waals surface area contributed by atoms with Crippen molar-refractivity contribution in [3.05, 3.63) is 0 Å². The molecule has 0 spiro atoms. The number of nitrogens with zero attached hydrogens (tertiary/aromatic N) is 2. The Labute approximate surface area is 153 Å². The smallest absolute Gasteiger partial charge is 0.257 e. The summed E-state index contributed by atoms with van der Waals surface area (Å²) >= 11 is 0. The Morgan fingerprint density at radius 3 is 2.61 bits per heavy atom. The molecular weight excluding hydrogens is 417 g/mol. The summed E-state index contributed by atoms with van der Waals surface area (Å²) in [6, 6.07) is 0.0841. The number of hydrogen-bond donors (Lipinski definition) is 2. The summed E-state index contributed by atoms with van der Waals surface area (Å²) < 4.78 is 24.5. The van der Waals surface area contributed by atoms with Gasteiger partial charge >= 0.3 is 0 Å². The van der Waals surface area contributed by atoms with Crippen LogP contribution in [0.5, 0.6) is 0 Å². The molecule has 0 aromatic rings. The monoisotopic (exact) mass is 444 g/mol. The topological polar surface area (TPSA) is 56.7 Å². The van der Waals surface area contributed by atoms with E-state index >= 15 is 0 Å². The average molecular weight is 444 g/mol. The van der Waals surface area contributed by atoms with E-state index in [-0.39, 0.29) is 41.8 Å². The highest BCUT2D eigenvalue weighted by atomic mass is 127. The molecule has 8 heteroatoms. The normalized spacial score (nSPS) is 22.3. The summed E-state index contributed by atoms with van der Waals surface area (Å²) in [5.41, 5.74) is 0. The third-order valence-electron chi connectivity index (χ3n) is 4.28. The second-order valence-corrected chi connectivity index (χ2v) is 6.01. The number of halogens is 3. The molecule has 0 radical (unpaired) electrons. The van der Waals surface area contributed by atoms with Crippen molar-refractivity contribution in [1.82, 2.24) is 15.5 Å². The Morgan fingerprint density at radius 2 is 2.00 bits per heavy atom. The van der Waals surface area contributed by atoms with Crippen molar-refractivity contribution in [2.45, 2.75) is 51.5 Å². The fourth-order valence-corrected chi connectivity index (χ4v) is 3.18. The second kappa shape index (κ2) is 10.2. The molecule has 2 rings (SSSR count). The zero-order valence-electron chi connectivity index (χ0n) is 13.6. The first-order valence-electron chi connectivity index (χ1n) is 8.22. The van der Waals surface area contributed by atoms with Gasteiger partial charge in [-0.1, -0.05) is 12.8 Å². The number of hydrogen-bond acceptors (Lipinski definition) is 2. The van der Waals surface area contributed by atoms with Crippen molar-refractivity contribution in [2.24, 2.45) is 10.9 Å². The number of aliphatic imine (C=N–C) groups is 1. The molecule has 0 bridgehead atoms. The van der Waals surface area contributed by atoms with Gasteiger partial charge in [-0.15, -0.1) is 24.0 Å². The number of alkyl halides is 2. The first-order chi connectivity index (χ1) is 10.6. The first kappa shape index (κ1) is 20.4. The minimum Gasteiger partial charge on any atom is -0.357 e. The average Bonchev–Trinajstić information content (AvgIpc) is 3.16. The highest BCUT2D eigenvalue weighted by Gasteiger charge is 2.32. The Hall–Kier alpha value is -0.670. The molecule has 2 fully saturated rings. The Bertz CT molecular complexity index is 403. The van der Waals surface area contributed by atoms with E-state index in [4.69, 9.17) is 0 Å². The highest BCUT2D eigenvalue weighted by molar-refractivity contribution is 14.0. The Balaban J connectivity index is 0.00000264. The molecule has 1 unspecified atom stereocenters. The summed E-state index contributed by atoms with van der Waals surface area (Å²) in [5, 5.41) is 6.13. The zero-order valence-corrected chi connectivity index (χ0v) is 15.9. The minimum atomic E-state index is -2.44. The van der Waals surface area contributed by atoms with Crippen molar-refractivity contribution in [3.8, 4) is 0 Å². The molecular formula is C15H27F2IN4O. The van der Waals surface area contributed by atoms with Crippen LogP contribution in [0.2, 0.25) is 0 Å². The molecule has 1 amide bonds. The number of nitrogens with one attached hydrogen (secondary N) is 2. The number of amides is 1. The number of carbonyl (C=O) groups is 1. The Kier molecular flexibility index (Phi) is 9.08. The fourth-order valence-electron chi connectivity index (χ4n) is 3.18. The molecule has 1 aliphatic carbocycles. The maximum atomic E-state index is 12.4. The lowest BCUT2D eigenvalue weighted by Gasteiger charge is -2.21. The van der Waals surface area contributed by atoms with E-state index in [0.717, 1.165) is 38.6 Å². The molecule has 1 aliphatic heterocycles. The number of rotatable bonds is 5. The van der Waals surface area contributed by atoms with Gasteiger partial charge in [-0.05, 0) is 26.2 Å². The standard InChI is InChI=1S/C15H26F2N4O.HI/c1-2-18-15(19-9-13(16)17)20-12-7-8-21(10-12)14(22)11-5-3-4-6-11;/h11-13H,2-10H2,1H3,(H2,18,19,20);1H. The number of likely N-dealkylation sites (tertiary alicyclic amines) is 1. The predicted molar refractivity (Wildman–Crippen MR) is 97.5 cm³/mol. The van der Waals surface area contributed by atoms with Gasteiger partial charge < -0.3 is 15.5 Å². The van der Waals surface area contributed by atoms with Crippen LogP contribution in [-0.4, -0.2) is 55.4 Å². The third kappa shape index (κ3) is 6.39. The van der Waals surface area contributed by atoms with Crippen molar-refractivity contribution in [1.29, 1.82) is 0 Å². The van der Waals surface area contributed by atoms with Gasteiger partial charge in [-0.25, -0.2) is 13.8 Å². The van der Waals surface area contributed by atoms with E-state index in [2.05, 4.69) is 15.6 Å². The van der Waals surface area contributed by atoms with Gasteiger partial charge in [0.2, 0.25) is 5.91 Å². The van der Waals surface area contributed by atoms with Crippen LogP contribution in [0.4, 0.5) is 8.78 Å². The molecule has 0 aromatic carbocycles. The summed E-state index contributed by atoms with van der Waals surface area (Å²) in [7, 11) is 0. The van der Waals surface area contributed by atoms with Crippen molar-refractivity contribution < 1.29 is 13.6 Å². The summed E-state index contributed by atoms with van der Waals surface area (Å²) in [6.07, 6.45) is 2.70. The summed E-state index contributed by atoms with van der Waals surface area (Å²) in [5.74, 6) is 0.860. The van der Waals surface area contributed by atoms with Gasteiger partial charge in [0.25, 0.3) is 6.43 Å². The third-order valence-corrected chi connectivity index (χ3v) is 4.28. The molecule has 5 nitrogen and oxygen atoms in total. The molecule has 134 valence electrons. The number of carbonyl (C=O) groups excluding carboxylic acids is 1. The van der Waals surface area contributed by atoms with Crippen molar-refractivity contribution >= 4 is 35.8 Å². The lowest BCUT2D eigenvalue weighted by molar-refractivity contribution is -0.134. The van der Waals surface area contributed by atoms with E-state index in [1.165, 1.54) is 0 Å². The van der Waals surface area contributed by atoms with Gasteiger partial charge in [0.05, 0.1) is 0 Å². The largest absolute Gasteiger partial charge is 0.357 e. The van der Waals surface area contributed by atoms with E-state index in [1.807, 2.05) is 11.8 Å². The number of guanidine groups is 1. The SMILES string of the molecule is CCNC(=NCC(F)F)NC1CCN(C(=O)C2CCCC2)C1.I. The van der Waals surface area contributed by atoms with Crippen LogP contribution in [0.25, 0.3) is 0 Å². The van der Waals surface area contributed by atoms with Gasteiger partial charge in [0.1, 0.15) is 6.54 Å². The summed E-state index contributed by atoms with van der Waals surface area (Å²) in [4.78, 5) is 18.1. The molecule has 1 saturated carbocycles. The molecule has 23 heavy (non-hydrogen) atoms. The van der Waals surface area contributed by atoms with Crippen LogP contribution in [0.3, 0.4) is 0 Å². The van der Waals surface area contributed by atoms with Gasteiger partial charge in [0, 0.05) is 31.6 Å². The highest BCUT2D eigenvalue weighted by Crippen LogP contribution is 2.27. The van der Waals surface area contributed by atoms with Crippen LogP contribution in [0, 0.1) is 5.92 Å². The van der Waals surface area contributed by atoms with E-state index in [0.29, 0.717) is 19.0 Å². The minimum absolute atomic E-state index is 0. The lowest BCUT2D eigenvalue weighted by atomic mass is 10.1. The first-order valence-corrected chi connectivity index (χ1v) is 8.22. The lowest BCUT2D eigenvalue weighted by Crippen LogP contribution is -2.45. The molecule has 1 heterocycles. The second-order valence-electron chi connectivity index (χ2n) is 6.01. The van der Waals surface area contributed by atoms with E-state index < -0.39 is 13.0 Å². The maximum Gasteiger partial charge on any atom is 0.257 e. The Morgan fingerprint density at radius 1 is 1.30 bits per heavy atom. The van der Waals surface area contributed by atoms with Crippen LogP contribution in [-0.2, 0) is 4.79 Å². The van der Waals surface area contributed by atoms with Crippen LogP contribution < -0.4 is 10.6 Å². The fraction of sp³-hybridized carbons (Fsp3) is 0.867. The molecule has 2 aliphatic rings. The molecule has 1 saturated heterocycles. The maximum absolute atomic E-state index is 12.4. The summed E-state index contributed by atoms with van der Waals surface area (Å²) in [6.45, 7) is 3.37. The molecule has 2 N–H and O–H groups in total. The quantitative estimate of drug-likeness (QED) is 0.389. The van der Waals surface area contributed by atoms with Gasteiger partial charge in [-0.2, -0.15) is 0 Å². The molecule has 1 atom stereocenters. The van der Waals surface area contributed by atoms with Crippen LogP contribution >= 0.6 is 24.0 Å². The van der Waals surface area contributed by atoms with E-state index in [1.54, 1.807) is 0 Å².